The zero-order valence-corrected chi connectivity index (χ0v) is 21.0. The van der Waals surface area contributed by atoms with Crippen LogP contribution in [0.2, 0.25) is 0 Å². The number of carbonyl (C=O) groups is 1. The first-order chi connectivity index (χ1) is 16.4. The third-order valence-electron chi connectivity index (χ3n) is 6.90. The van der Waals surface area contributed by atoms with Crippen molar-refractivity contribution in [1.82, 2.24) is 19.4 Å². The molecule has 2 aromatic heterocycles. The van der Waals surface area contributed by atoms with Crippen LogP contribution in [0, 0.1) is 11.2 Å². The average molecular weight is 501 g/mol. The number of rotatable bonds is 4. The summed E-state index contributed by atoms with van der Waals surface area (Å²) in [6.45, 7) is 5.87. The van der Waals surface area contributed by atoms with Gasteiger partial charge in [-0.2, -0.15) is 0 Å². The maximum absolute atomic E-state index is 14.8. The molecule has 1 aromatic carbocycles. The molecule has 0 aliphatic carbocycles. The molecule has 4 heterocycles. The first kappa shape index (κ1) is 23.7. The highest BCUT2D eigenvalue weighted by molar-refractivity contribution is 7.90. The molecule has 0 radical (unpaired) electrons. The molecule has 2 aliphatic rings. The molecule has 0 saturated carbocycles. The molecule has 3 aromatic rings. The summed E-state index contributed by atoms with van der Waals surface area (Å²) in [5, 5.41) is 0.639. The average Bonchev–Trinajstić information content (AvgIpc) is 3.31. The molecule has 0 N–H and O–H groups in total. The molecule has 2 atom stereocenters. The summed E-state index contributed by atoms with van der Waals surface area (Å²) in [5.74, 6) is -0.0604. The minimum absolute atomic E-state index is 0.0799. The van der Waals surface area contributed by atoms with Crippen LogP contribution in [-0.2, 0) is 14.6 Å². The van der Waals surface area contributed by atoms with Crippen LogP contribution < -0.4 is 4.74 Å². The smallest absolute Gasteiger partial charge is 0.228 e. The van der Waals surface area contributed by atoms with Crippen molar-refractivity contribution in [2.75, 3.05) is 6.26 Å². The van der Waals surface area contributed by atoms with Crippen LogP contribution in [-0.4, -0.2) is 58.2 Å². The summed E-state index contributed by atoms with van der Waals surface area (Å²) in [6.07, 6.45) is 7.44. The number of halogens is 1. The normalized spacial score (nSPS) is 22.5. The first-order valence-electron chi connectivity index (χ1n) is 11.7. The molecule has 0 spiro atoms. The highest BCUT2D eigenvalue weighted by Gasteiger charge is 2.46. The third kappa shape index (κ3) is 4.28. The molecule has 186 valence electrons. The molecule has 10 heteroatoms. The Morgan fingerprint density at radius 3 is 2.40 bits per heavy atom. The Labute approximate surface area is 204 Å². The zero-order valence-electron chi connectivity index (χ0n) is 20.2. The van der Waals surface area contributed by atoms with Gasteiger partial charge in [0.1, 0.15) is 18.2 Å². The summed E-state index contributed by atoms with van der Waals surface area (Å²) in [5.41, 5.74) is 0.235. The number of benzene rings is 1. The van der Waals surface area contributed by atoms with E-state index in [4.69, 9.17) is 4.74 Å². The molecule has 2 aliphatic heterocycles. The van der Waals surface area contributed by atoms with Crippen molar-refractivity contribution in [3.8, 4) is 11.6 Å². The second kappa shape index (κ2) is 8.29. The number of piperidine rings is 1. The van der Waals surface area contributed by atoms with Gasteiger partial charge in [0.15, 0.2) is 15.5 Å². The van der Waals surface area contributed by atoms with Crippen LogP contribution in [0.5, 0.6) is 5.88 Å². The fourth-order valence-electron chi connectivity index (χ4n) is 5.23. The molecular weight excluding hydrogens is 471 g/mol. The van der Waals surface area contributed by atoms with E-state index in [1.165, 1.54) is 18.5 Å². The van der Waals surface area contributed by atoms with Gasteiger partial charge in [-0.25, -0.2) is 22.8 Å². The lowest BCUT2D eigenvalue weighted by molar-refractivity contribution is -0.145. The first-order valence-corrected chi connectivity index (χ1v) is 13.6. The highest BCUT2D eigenvalue weighted by atomic mass is 32.2. The second-order valence-corrected chi connectivity index (χ2v) is 12.6. The lowest BCUT2D eigenvalue weighted by Crippen LogP contribution is -2.52. The number of hydrogen-bond acceptors (Lipinski definition) is 6. The summed E-state index contributed by atoms with van der Waals surface area (Å²) >= 11 is 0. The Morgan fingerprint density at radius 2 is 1.80 bits per heavy atom. The fourth-order valence-corrected chi connectivity index (χ4v) is 5.86. The van der Waals surface area contributed by atoms with Gasteiger partial charge in [0, 0.05) is 42.8 Å². The molecule has 8 nitrogen and oxygen atoms in total. The van der Waals surface area contributed by atoms with Gasteiger partial charge >= 0.3 is 0 Å². The standard InChI is InChI=1S/C25H29FN4O4S/c1-25(2,3)24(31)30-15-5-6-16(30)12-17(11-15)34-23-19-9-10-29(22(19)27-14-28-23)21-8-7-18(13-20(21)26)35(4,32)33/h7-10,13-17H,5-6,11-12H2,1-4H3. The molecule has 2 bridgehead atoms. The number of aromatic nitrogens is 3. The second-order valence-electron chi connectivity index (χ2n) is 10.5. The van der Waals surface area contributed by atoms with Gasteiger partial charge in [-0.15, -0.1) is 0 Å². The van der Waals surface area contributed by atoms with Crippen molar-refractivity contribution >= 4 is 26.8 Å². The van der Waals surface area contributed by atoms with Crippen molar-refractivity contribution < 1.29 is 22.3 Å². The molecular formula is C25H29FN4O4S. The lowest BCUT2D eigenvalue weighted by atomic mass is 9.90. The molecule has 2 unspecified atom stereocenters. The van der Waals surface area contributed by atoms with Crippen LogP contribution >= 0.6 is 0 Å². The van der Waals surface area contributed by atoms with Crippen LogP contribution in [0.3, 0.4) is 0 Å². The van der Waals surface area contributed by atoms with Crippen LogP contribution in [0.1, 0.15) is 46.5 Å². The number of sulfone groups is 1. The van der Waals surface area contributed by atoms with E-state index in [2.05, 4.69) is 14.9 Å². The monoisotopic (exact) mass is 500 g/mol. The van der Waals surface area contributed by atoms with Crippen LogP contribution in [0.15, 0.2) is 41.7 Å². The van der Waals surface area contributed by atoms with E-state index >= 15 is 0 Å². The van der Waals surface area contributed by atoms with Crippen molar-refractivity contribution in [3.63, 3.8) is 0 Å². The van der Waals surface area contributed by atoms with Gasteiger partial charge in [0.2, 0.25) is 11.8 Å². The van der Waals surface area contributed by atoms with Gasteiger partial charge in [0.05, 0.1) is 16.0 Å². The number of carbonyl (C=O) groups excluding carboxylic acids is 1. The molecule has 5 rings (SSSR count). The summed E-state index contributed by atoms with van der Waals surface area (Å²) < 4.78 is 46.2. The van der Waals surface area contributed by atoms with Gasteiger partial charge in [0.25, 0.3) is 0 Å². The van der Waals surface area contributed by atoms with Gasteiger partial charge in [-0.1, -0.05) is 20.8 Å². The largest absolute Gasteiger partial charge is 0.474 e. The SMILES string of the molecule is CC(C)(C)C(=O)N1C2CCC1CC(Oc1ncnc3c1ccn3-c1ccc(S(C)(=O)=O)cc1F)C2. The number of amides is 1. The Kier molecular flexibility index (Phi) is 5.62. The van der Waals surface area contributed by atoms with E-state index in [-0.39, 0.29) is 34.7 Å². The van der Waals surface area contributed by atoms with E-state index in [1.807, 2.05) is 20.8 Å². The maximum atomic E-state index is 14.8. The van der Waals surface area contributed by atoms with Gasteiger partial charge < -0.3 is 9.64 Å². The molecule has 1 amide bonds. The van der Waals surface area contributed by atoms with E-state index in [0.717, 1.165) is 38.0 Å². The van der Waals surface area contributed by atoms with E-state index in [9.17, 15) is 17.6 Å². The predicted octanol–water partition coefficient (Wildman–Crippen LogP) is 3.91. The van der Waals surface area contributed by atoms with Gasteiger partial charge in [-0.3, -0.25) is 9.36 Å². The van der Waals surface area contributed by atoms with Crippen LogP contribution in [0.25, 0.3) is 16.7 Å². The quantitative estimate of drug-likeness (QED) is 0.539. The Bertz CT molecular complexity index is 1400. The number of ether oxygens (including phenoxy) is 1. The summed E-state index contributed by atoms with van der Waals surface area (Å²) in [6, 6.07) is 5.90. The Hall–Kier alpha value is -3.01. The predicted molar refractivity (Wildman–Crippen MR) is 129 cm³/mol. The Morgan fingerprint density at radius 1 is 1.11 bits per heavy atom. The van der Waals surface area contributed by atoms with Crippen molar-refractivity contribution in [2.24, 2.45) is 5.41 Å². The van der Waals surface area contributed by atoms with Crippen molar-refractivity contribution in [1.29, 1.82) is 0 Å². The molecule has 35 heavy (non-hydrogen) atoms. The zero-order chi connectivity index (χ0) is 25.1. The van der Waals surface area contributed by atoms with Crippen molar-refractivity contribution in [3.05, 3.63) is 42.6 Å². The van der Waals surface area contributed by atoms with Gasteiger partial charge in [-0.05, 0) is 37.1 Å². The molecule has 2 fully saturated rings. The summed E-state index contributed by atoms with van der Waals surface area (Å²) in [7, 11) is -3.52. The molecule has 2 saturated heterocycles. The fraction of sp³-hybridized carbons (Fsp3) is 0.480. The van der Waals surface area contributed by atoms with E-state index < -0.39 is 21.1 Å². The Balaban J connectivity index is 1.40. The van der Waals surface area contributed by atoms with E-state index in [1.54, 1.807) is 16.8 Å². The number of hydrogen-bond donors (Lipinski definition) is 0. The van der Waals surface area contributed by atoms with Crippen LogP contribution in [0.4, 0.5) is 4.39 Å². The minimum Gasteiger partial charge on any atom is -0.474 e. The maximum Gasteiger partial charge on any atom is 0.228 e. The van der Waals surface area contributed by atoms with Crippen molar-refractivity contribution in [2.45, 2.75) is 69.5 Å². The topological polar surface area (TPSA) is 94.4 Å². The third-order valence-corrected chi connectivity index (χ3v) is 8.01. The summed E-state index contributed by atoms with van der Waals surface area (Å²) in [4.78, 5) is 23.6. The minimum atomic E-state index is -3.52. The highest BCUT2D eigenvalue weighted by Crippen LogP contribution is 2.40. The van der Waals surface area contributed by atoms with E-state index in [0.29, 0.717) is 16.9 Å². The lowest BCUT2D eigenvalue weighted by Gasteiger charge is -2.41. The number of fused-ring (bicyclic) bond motifs is 3. The number of nitrogens with zero attached hydrogens (tertiary/aromatic N) is 4.